The minimum atomic E-state index is -5.25. The fourth-order valence-corrected chi connectivity index (χ4v) is 3.80. The van der Waals surface area contributed by atoms with Gasteiger partial charge in [0.25, 0.3) is 11.5 Å². The van der Waals surface area contributed by atoms with Gasteiger partial charge in [-0.15, -0.1) is 0 Å². The number of aliphatic hydroxyl groups is 4. The molecule has 1 saturated heterocycles. The third kappa shape index (κ3) is 5.50. The van der Waals surface area contributed by atoms with Gasteiger partial charge in [-0.05, 0) is 6.92 Å². The maximum absolute atomic E-state index is 14.2. The summed E-state index contributed by atoms with van der Waals surface area (Å²) < 4.78 is 57.6. The number of rotatable bonds is 9. The molecule has 13 heteroatoms. The molecule has 7 atom stereocenters. The van der Waals surface area contributed by atoms with Crippen molar-refractivity contribution in [3.63, 3.8) is 0 Å². The van der Waals surface area contributed by atoms with Crippen LogP contribution in [0.4, 0.5) is 13.2 Å². The molecule has 1 aliphatic heterocycles. The molecule has 0 aliphatic carbocycles. The van der Waals surface area contributed by atoms with E-state index >= 15 is 0 Å². The van der Waals surface area contributed by atoms with Gasteiger partial charge in [0.15, 0.2) is 0 Å². The summed E-state index contributed by atoms with van der Waals surface area (Å²) in [7, 11) is 0.689. The number of ether oxygens (including phenoxy) is 3. The molecule has 2 rings (SSSR count). The monoisotopic (exact) mass is 495 g/mol. The Morgan fingerprint density at radius 3 is 2.24 bits per heavy atom. The fourth-order valence-electron chi connectivity index (χ4n) is 3.80. The fraction of sp³-hybridized carbons (Fsp3) is 0.619. The van der Waals surface area contributed by atoms with Gasteiger partial charge in [-0.3, -0.25) is 9.59 Å². The molecule has 0 aromatic heterocycles. The van der Waals surface area contributed by atoms with Crippen LogP contribution in [0.1, 0.15) is 18.9 Å². The molecule has 5 N–H and O–H groups in total. The number of methoxy groups -OCH3 is 1. The van der Waals surface area contributed by atoms with E-state index in [1.165, 1.54) is 25.1 Å². The summed E-state index contributed by atoms with van der Waals surface area (Å²) in [5.41, 5.74) is -4.04. The highest BCUT2D eigenvalue weighted by molar-refractivity contribution is 5.88. The van der Waals surface area contributed by atoms with Crippen LogP contribution in [0.3, 0.4) is 0 Å². The first kappa shape index (κ1) is 28.0. The third-order valence-corrected chi connectivity index (χ3v) is 5.54. The van der Waals surface area contributed by atoms with Crippen molar-refractivity contribution in [3.05, 3.63) is 35.9 Å². The van der Waals surface area contributed by atoms with E-state index in [0.717, 1.165) is 12.1 Å². The van der Waals surface area contributed by atoms with Gasteiger partial charge < -0.3 is 40.0 Å². The summed E-state index contributed by atoms with van der Waals surface area (Å²) in [6.45, 7) is 0.577. The van der Waals surface area contributed by atoms with Crippen LogP contribution in [0.15, 0.2) is 30.3 Å². The lowest BCUT2D eigenvalue weighted by Crippen LogP contribution is -2.66. The Kier molecular flexibility index (Phi) is 9.39. The Morgan fingerprint density at radius 2 is 1.74 bits per heavy atom. The van der Waals surface area contributed by atoms with Crippen LogP contribution in [0.25, 0.3) is 0 Å². The molecular weight excluding hydrogens is 467 g/mol. The van der Waals surface area contributed by atoms with Gasteiger partial charge in [0.2, 0.25) is 0 Å². The van der Waals surface area contributed by atoms with E-state index in [-0.39, 0.29) is 6.61 Å². The predicted molar refractivity (Wildman–Crippen MR) is 108 cm³/mol. The van der Waals surface area contributed by atoms with Crippen molar-refractivity contribution >= 4 is 11.9 Å². The number of hydrogen-bond donors (Lipinski definition) is 5. The van der Waals surface area contributed by atoms with Gasteiger partial charge in [-0.25, -0.2) is 0 Å². The molecular formula is C21H28F3NO9. The van der Waals surface area contributed by atoms with Crippen molar-refractivity contribution < 1.29 is 57.4 Å². The van der Waals surface area contributed by atoms with Crippen molar-refractivity contribution in [2.45, 2.75) is 61.7 Å². The molecule has 0 unspecified atom stereocenters. The average molecular weight is 495 g/mol. The van der Waals surface area contributed by atoms with Gasteiger partial charge in [0.05, 0.1) is 25.7 Å². The van der Waals surface area contributed by atoms with Crippen molar-refractivity contribution in [2.24, 2.45) is 0 Å². The second-order valence-corrected chi connectivity index (χ2v) is 7.63. The largest absolute Gasteiger partial charge is 0.466 e. The number of carbonyl (C=O) groups excluding carboxylic acids is 2. The minimum Gasteiger partial charge on any atom is -0.466 e. The first-order chi connectivity index (χ1) is 15.9. The lowest BCUT2D eigenvalue weighted by Gasteiger charge is -2.44. The van der Waals surface area contributed by atoms with E-state index in [9.17, 15) is 43.2 Å². The molecule has 1 fully saturated rings. The van der Waals surface area contributed by atoms with Gasteiger partial charge in [-0.1, -0.05) is 30.3 Å². The number of nitrogens with one attached hydrogen (secondary N) is 1. The first-order valence-electron chi connectivity index (χ1n) is 10.4. The highest BCUT2D eigenvalue weighted by Gasteiger charge is 2.63. The molecule has 34 heavy (non-hydrogen) atoms. The second-order valence-electron chi connectivity index (χ2n) is 7.63. The summed E-state index contributed by atoms with van der Waals surface area (Å²) in [6, 6.07) is 4.38. The van der Waals surface area contributed by atoms with Crippen LogP contribution >= 0.6 is 0 Å². The Labute approximate surface area is 193 Å². The number of carbonyl (C=O) groups is 2. The number of amides is 1. The zero-order valence-corrected chi connectivity index (χ0v) is 18.4. The average Bonchev–Trinajstić information content (AvgIpc) is 2.78. The van der Waals surface area contributed by atoms with Crippen molar-refractivity contribution in [3.8, 4) is 0 Å². The normalized spacial score (nSPS) is 28.0. The molecule has 0 radical (unpaired) electrons. The van der Waals surface area contributed by atoms with Gasteiger partial charge in [0.1, 0.15) is 30.5 Å². The summed E-state index contributed by atoms with van der Waals surface area (Å²) in [4.78, 5) is 25.3. The summed E-state index contributed by atoms with van der Waals surface area (Å²) >= 11 is 0. The molecule has 0 saturated carbocycles. The lowest BCUT2D eigenvalue weighted by molar-refractivity contribution is -0.267. The Balaban J connectivity index is 2.48. The molecule has 1 aromatic carbocycles. The zero-order valence-electron chi connectivity index (χ0n) is 18.4. The van der Waals surface area contributed by atoms with Crippen LogP contribution in [-0.4, -0.2) is 95.4 Å². The maximum Gasteiger partial charge on any atom is 0.430 e. The zero-order chi connectivity index (χ0) is 25.7. The number of alkyl halides is 3. The molecule has 0 spiro atoms. The number of hydrogen-bond acceptors (Lipinski definition) is 9. The van der Waals surface area contributed by atoms with Crippen molar-refractivity contribution in [1.82, 2.24) is 5.32 Å². The van der Waals surface area contributed by atoms with E-state index in [0.29, 0.717) is 7.11 Å². The van der Waals surface area contributed by atoms with Crippen LogP contribution < -0.4 is 5.32 Å². The molecule has 192 valence electrons. The van der Waals surface area contributed by atoms with E-state index in [4.69, 9.17) is 14.2 Å². The highest BCUT2D eigenvalue weighted by atomic mass is 19.4. The SMILES string of the molecule is CCOC(=O)C[C@@H](NC(=O)[C@@](OC)(c1ccccc1)C(F)(F)F)[C@H]1O[C@H](CO)[C@H](O)[C@H](O)[C@H]1O. The number of benzene rings is 1. The molecule has 1 heterocycles. The van der Waals surface area contributed by atoms with E-state index < -0.39 is 78.8 Å². The minimum absolute atomic E-state index is 0.0806. The van der Waals surface area contributed by atoms with Crippen LogP contribution in [-0.2, 0) is 29.4 Å². The third-order valence-electron chi connectivity index (χ3n) is 5.54. The van der Waals surface area contributed by atoms with Gasteiger partial charge >= 0.3 is 12.1 Å². The Hall–Kier alpha value is -2.29. The number of halogens is 3. The topological polar surface area (TPSA) is 155 Å². The van der Waals surface area contributed by atoms with Crippen molar-refractivity contribution in [1.29, 1.82) is 0 Å². The van der Waals surface area contributed by atoms with E-state index in [1.807, 2.05) is 5.32 Å². The Bertz CT molecular complexity index is 823. The molecule has 1 amide bonds. The summed E-state index contributed by atoms with van der Waals surface area (Å²) in [6.07, 6.45) is -14.7. The maximum atomic E-state index is 14.2. The van der Waals surface area contributed by atoms with Crippen LogP contribution in [0.2, 0.25) is 0 Å². The number of aliphatic hydroxyl groups excluding tert-OH is 4. The predicted octanol–water partition coefficient (Wildman–Crippen LogP) is -0.629. The van der Waals surface area contributed by atoms with Crippen molar-refractivity contribution in [2.75, 3.05) is 20.3 Å². The molecule has 1 aliphatic rings. The highest BCUT2D eigenvalue weighted by Crippen LogP contribution is 2.42. The van der Waals surface area contributed by atoms with E-state index in [1.54, 1.807) is 0 Å². The number of esters is 1. The van der Waals surface area contributed by atoms with Crippen LogP contribution in [0, 0.1) is 0 Å². The van der Waals surface area contributed by atoms with E-state index in [2.05, 4.69) is 0 Å². The Morgan fingerprint density at radius 1 is 1.12 bits per heavy atom. The quantitative estimate of drug-likeness (QED) is 0.282. The second kappa shape index (κ2) is 11.4. The lowest BCUT2D eigenvalue weighted by atomic mass is 9.88. The smallest absolute Gasteiger partial charge is 0.430 e. The molecule has 1 aromatic rings. The van der Waals surface area contributed by atoms with Gasteiger partial charge in [0, 0.05) is 12.7 Å². The molecule has 10 nitrogen and oxygen atoms in total. The first-order valence-corrected chi connectivity index (χ1v) is 10.4. The van der Waals surface area contributed by atoms with Gasteiger partial charge in [-0.2, -0.15) is 13.2 Å². The van der Waals surface area contributed by atoms with Crippen LogP contribution in [0.5, 0.6) is 0 Å². The standard InChI is InChI=1S/C21H28F3NO9/c1-3-33-14(27)9-12(18-17(30)16(29)15(28)13(10-26)34-18)25-19(31)20(32-2,21(22,23)24)11-7-5-4-6-8-11/h4-8,12-13,15-18,26,28-30H,3,9-10H2,1-2H3,(H,25,31)/t12-,13-,15+,16+,17-,18-,20+/m1/s1. The summed E-state index contributed by atoms with van der Waals surface area (Å²) in [5, 5.41) is 41.9. The molecule has 0 bridgehead atoms. The summed E-state index contributed by atoms with van der Waals surface area (Å²) in [5.74, 6) is -2.67.